The molecule has 6 heteroatoms. The Bertz CT molecular complexity index is 483. The Morgan fingerprint density at radius 1 is 1.32 bits per heavy atom. The Labute approximate surface area is 115 Å². The molecular weight excluding hydrogens is 262 g/mol. The normalized spacial score (nSPS) is 13.7. The lowest BCUT2D eigenvalue weighted by atomic mass is 10.0. The minimum atomic E-state index is -3.53. The molecule has 0 bridgehead atoms. The quantitative estimate of drug-likeness (QED) is 0.796. The van der Waals surface area contributed by atoms with E-state index in [1.54, 1.807) is 18.3 Å². The highest BCUT2D eigenvalue weighted by Gasteiger charge is 2.22. The lowest BCUT2D eigenvalue weighted by Gasteiger charge is -2.20. The van der Waals surface area contributed by atoms with Gasteiger partial charge in [0.05, 0.1) is 0 Å². The highest BCUT2D eigenvalue weighted by atomic mass is 32.2. The van der Waals surface area contributed by atoms with E-state index in [9.17, 15) is 8.42 Å². The van der Waals surface area contributed by atoms with Crippen molar-refractivity contribution in [3.8, 4) is 0 Å². The lowest BCUT2D eigenvalue weighted by Crippen LogP contribution is -2.38. The summed E-state index contributed by atoms with van der Waals surface area (Å²) in [7, 11) is -1.70. The van der Waals surface area contributed by atoms with Crippen molar-refractivity contribution in [3.63, 3.8) is 0 Å². The Balaban J connectivity index is 2.87. The molecular formula is C13H23N3O2S. The van der Waals surface area contributed by atoms with E-state index in [1.807, 2.05) is 27.8 Å². The van der Waals surface area contributed by atoms with Crippen molar-refractivity contribution in [1.82, 2.24) is 15.0 Å². The maximum absolute atomic E-state index is 12.2. The van der Waals surface area contributed by atoms with Crippen LogP contribution in [0.15, 0.2) is 23.4 Å². The molecule has 19 heavy (non-hydrogen) atoms. The van der Waals surface area contributed by atoms with Crippen LogP contribution in [0.3, 0.4) is 0 Å². The average Bonchev–Trinajstić information content (AvgIpc) is 2.37. The fourth-order valence-electron chi connectivity index (χ4n) is 1.83. The van der Waals surface area contributed by atoms with Gasteiger partial charge in [-0.15, -0.1) is 0 Å². The zero-order chi connectivity index (χ0) is 14.5. The largest absolute Gasteiger partial charge is 0.316 e. The van der Waals surface area contributed by atoms with Crippen molar-refractivity contribution in [2.24, 2.45) is 5.92 Å². The molecule has 1 aromatic rings. The molecule has 0 radical (unpaired) electrons. The summed E-state index contributed by atoms with van der Waals surface area (Å²) >= 11 is 0. The summed E-state index contributed by atoms with van der Waals surface area (Å²) in [5.74, 6) is 0.253. The number of pyridine rings is 1. The van der Waals surface area contributed by atoms with Crippen LogP contribution in [0, 0.1) is 5.92 Å². The highest BCUT2D eigenvalue weighted by Crippen LogP contribution is 2.12. The Morgan fingerprint density at radius 2 is 2.00 bits per heavy atom. The van der Waals surface area contributed by atoms with Crippen LogP contribution >= 0.6 is 0 Å². The first-order valence-corrected chi connectivity index (χ1v) is 8.01. The third-order valence-corrected chi connectivity index (χ3v) is 4.41. The second kappa shape index (κ2) is 6.98. The van der Waals surface area contributed by atoms with Crippen LogP contribution in [0.25, 0.3) is 0 Å². The number of aromatic nitrogens is 1. The third kappa shape index (κ3) is 4.56. The SMILES string of the molecule is CCC(NS(=O)(=O)c1ccc(CNC)cn1)C(C)C. The van der Waals surface area contributed by atoms with Crippen LogP contribution in [-0.4, -0.2) is 26.5 Å². The fraction of sp³-hybridized carbons (Fsp3) is 0.615. The summed E-state index contributed by atoms with van der Waals surface area (Å²) in [4.78, 5) is 4.03. The highest BCUT2D eigenvalue weighted by molar-refractivity contribution is 7.89. The Hall–Kier alpha value is -0.980. The summed E-state index contributed by atoms with van der Waals surface area (Å²) in [6, 6.07) is 3.25. The zero-order valence-electron chi connectivity index (χ0n) is 12.0. The van der Waals surface area contributed by atoms with E-state index in [0.717, 1.165) is 12.0 Å². The van der Waals surface area contributed by atoms with E-state index in [2.05, 4.69) is 15.0 Å². The second-order valence-corrected chi connectivity index (χ2v) is 6.58. The standard InChI is InChI=1S/C13H23N3O2S/c1-5-12(10(2)3)16-19(17,18)13-7-6-11(8-14-4)9-15-13/h6-7,9-10,12,14,16H,5,8H2,1-4H3. The summed E-state index contributed by atoms with van der Waals surface area (Å²) in [5.41, 5.74) is 0.956. The Kier molecular flexibility index (Phi) is 5.90. The van der Waals surface area contributed by atoms with Gasteiger partial charge in [0, 0.05) is 18.8 Å². The van der Waals surface area contributed by atoms with Gasteiger partial charge in [0.25, 0.3) is 10.0 Å². The van der Waals surface area contributed by atoms with Gasteiger partial charge in [-0.1, -0.05) is 26.8 Å². The zero-order valence-corrected chi connectivity index (χ0v) is 12.8. The molecule has 1 unspecified atom stereocenters. The van der Waals surface area contributed by atoms with Crippen molar-refractivity contribution in [1.29, 1.82) is 0 Å². The molecule has 0 fully saturated rings. The third-order valence-electron chi connectivity index (χ3n) is 3.00. The summed E-state index contributed by atoms with van der Waals surface area (Å²) in [6.45, 7) is 6.64. The molecule has 0 amide bonds. The molecule has 1 rings (SSSR count). The van der Waals surface area contributed by atoms with E-state index in [0.29, 0.717) is 6.54 Å². The molecule has 5 nitrogen and oxygen atoms in total. The van der Waals surface area contributed by atoms with E-state index in [1.165, 1.54) is 0 Å². The molecule has 108 valence electrons. The molecule has 0 aliphatic carbocycles. The van der Waals surface area contributed by atoms with E-state index in [4.69, 9.17) is 0 Å². The van der Waals surface area contributed by atoms with E-state index in [-0.39, 0.29) is 17.0 Å². The monoisotopic (exact) mass is 285 g/mol. The predicted molar refractivity (Wildman–Crippen MR) is 76.2 cm³/mol. The van der Waals surface area contributed by atoms with Gasteiger partial charge in [-0.2, -0.15) is 0 Å². The van der Waals surface area contributed by atoms with Crippen molar-refractivity contribution in [3.05, 3.63) is 23.9 Å². The number of rotatable bonds is 7. The molecule has 0 spiro atoms. The van der Waals surface area contributed by atoms with Crippen LogP contribution in [0.2, 0.25) is 0 Å². The van der Waals surface area contributed by atoms with Crippen LogP contribution < -0.4 is 10.0 Å². The number of hydrogen-bond acceptors (Lipinski definition) is 4. The smallest absolute Gasteiger partial charge is 0.258 e. The van der Waals surface area contributed by atoms with Crippen LogP contribution in [0.1, 0.15) is 32.8 Å². The van der Waals surface area contributed by atoms with Crippen LogP contribution in [0.5, 0.6) is 0 Å². The molecule has 1 heterocycles. The molecule has 0 saturated carbocycles. The van der Waals surface area contributed by atoms with Gasteiger partial charge in [0.1, 0.15) is 0 Å². The van der Waals surface area contributed by atoms with Gasteiger partial charge in [0.2, 0.25) is 0 Å². The van der Waals surface area contributed by atoms with Crippen molar-refractivity contribution in [2.45, 2.75) is 44.8 Å². The summed E-state index contributed by atoms with van der Waals surface area (Å²) in [6.07, 6.45) is 2.34. The molecule has 0 aromatic carbocycles. The van der Waals surface area contributed by atoms with Crippen molar-refractivity contribution >= 4 is 10.0 Å². The maximum Gasteiger partial charge on any atom is 0.258 e. The molecule has 0 aliphatic heterocycles. The first-order valence-electron chi connectivity index (χ1n) is 6.52. The first kappa shape index (κ1) is 16.1. The number of sulfonamides is 1. The van der Waals surface area contributed by atoms with Gasteiger partial charge >= 0.3 is 0 Å². The van der Waals surface area contributed by atoms with Gasteiger partial charge < -0.3 is 5.32 Å². The molecule has 0 saturated heterocycles. The molecule has 1 atom stereocenters. The van der Waals surface area contributed by atoms with Crippen molar-refractivity contribution in [2.75, 3.05) is 7.05 Å². The maximum atomic E-state index is 12.2. The van der Waals surface area contributed by atoms with Gasteiger partial charge in [-0.3, -0.25) is 0 Å². The van der Waals surface area contributed by atoms with Gasteiger partial charge in [-0.05, 0) is 31.0 Å². The van der Waals surface area contributed by atoms with Gasteiger partial charge in [0.15, 0.2) is 5.03 Å². The van der Waals surface area contributed by atoms with E-state index < -0.39 is 10.0 Å². The van der Waals surface area contributed by atoms with Gasteiger partial charge in [-0.25, -0.2) is 18.1 Å². The summed E-state index contributed by atoms with van der Waals surface area (Å²) < 4.78 is 27.1. The number of nitrogens with one attached hydrogen (secondary N) is 2. The number of nitrogens with zero attached hydrogens (tertiary/aromatic N) is 1. The number of hydrogen-bond donors (Lipinski definition) is 2. The van der Waals surface area contributed by atoms with Crippen LogP contribution in [0.4, 0.5) is 0 Å². The topological polar surface area (TPSA) is 71.1 Å². The first-order chi connectivity index (χ1) is 8.90. The van der Waals surface area contributed by atoms with E-state index >= 15 is 0 Å². The minimum Gasteiger partial charge on any atom is -0.316 e. The molecule has 1 aromatic heterocycles. The average molecular weight is 285 g/mol. The Morgan fingerprint density at radius 3 is 2.42 bits per heavy atom. The minimum absolute atomic E-state index is 0.0659. The molecule has 2 N–H and O–H groups in total. The van der Waals surface area contributed by atoms with Crippen LogP contribution in [-0.2, 0) is 16.6 Å². The fourth-order valence-corrected chi connectivity index (χ4v) is 3.23. The van der Waals surface area contributed by atoms with Crippen molar-refractivity contribution < 1.29 is 8.42 Å². The predicted octanol–water partition coefficient (Wildman–Crippen LogP) is 1.51. The lowest BCUT2D eigenvalue weighted by molar-refractivity contribution is 0.436. The molecule has 0 aliphatic rings. The second-order valence-electron chi connectivity index (χ2n) is 4.92. The summed E-state index contributed by atoms with van der Waals surface area (Å²) in [5, 5.41) is 3.07.